The van der Waals surface area contributed by atoms with Gasteiger partial charge in [0.05, 0.1) is 6.54 Å². The maximum atomic E-state index is 11.8. The van der Waals surface area contributed by atoms with Gasteiger partial charge in [0.2, 0.25) is 0 Å². The van der Waals surface area contributed by atoms with Crippen molar-refractivity contribution < 1.29 is 9.59 Å². The van der Waals surface area contributed by atoms with Gasteiger partial charge in [0.15, 0.2) is 5.78 Å². The lowest BCUT2D eigenvalue weighted by atomic mass is 10.1. The van der Waals surface area contributed by atoms with Crippen LogP contribution in [0.2, 0.25) is 0 Å². The molecule has 0 atom stereocenters. The fourth-order valence-electron chi connectivity index (χ4n) is 1.77. The minimum atomic E-state index is -0.0209. The third-order valence-corrected chi connectivity index (χ3v) is 2.66. The van der Waals surface area contributed by atoms with Crippen LogP contribution in [0.15, 0.2) is 24.3 Å². The van der Waals surface area contributed by atoms with Crippen LogP contribution >= 0.6 is 0 Å². The van der Waals surface area contributed by atoms with Crippen LogP contribution in [0.5, 0.6) is 0 Å². The number of amides is 1. The Balaban J connectivity index is 2.17. The summed E-state index contributed by atoms with van der Waals surface area (Å²) >= 11 is 0. The molecule has 1 aromatic carbocycles. The highest BCUT2D eigenvalue weighted by Gasteiger charge is 2.27. The normalized spacial score (nSPS) is 14.2. The SMILES string of the molecule is CCC(=O)CN1Cc2ccccc2C1=O. The average molecular weight is 203 g/mol. The Bertz CT molecular complexity index is 412. The lowest BCUT2D eigenvalue weighted by molar-refractivity contribution is -0.119. The van der Waals surface area contributed by atoms with Crippen molar-refractivity contribution in [3.8, 4) is 0 Å². The van der Waals surface area contributed by atoms with Gasteiger partial charge in [-0.3, -0.25) is 9.59 Å². The molecule has 1 amide bonds. The van der Waals surface area contributed by atoms with E-state index >= 15 is 0 Å². The molecule has 0 fully saturated rings. The van der Waals surface area contributed by atoms with Crippen LogP contribution in [0.3, 0.4) is 0 Å². The van der Waals surface area contributed by atoms with E-state index in [0.717, 1.165) is 11.1 Å². The molecule has 15 heavy (non-hydrogen) atoms. The summed E-state index contributed by atoms with van der Waals surface area (Å²) in [6.45, 7) is 2.63. The van der Waals surface area contributed by atoms with Crippen molar-refractivity contribution >= 4 is 11.7 Å². The minimum Gasteiger partial charge on any atom is -0.327 e. The van der Waals surface area contributed by atoms with Gasteiger partial charge in [-0.2, -0.15) is 0 Å². The predicted molar refractivity (Wildman–Crippen MR) is 56.5 cm³/mol. The maximum absolute atomic E-state index is 11.8. The second-order valence-corrected chi connectivity index (χ2v) is 3.71. The van der Waals surface area contributed by atoms with E-state index in [0.29, 0.717) is 13.0 Å². The van der Waals surface area contributed by atoms with Gasteiger partial charge in [0.1, 0.15) is 0 Å². The molecule has 1 aliphatic rings. The topological polar surface area (TPSA) is 37.4 Å². The van der Waals surface area contributed by atoms with Crippen molar-refractivity contribution in [1.29, 1.82) is 0 Å². The first-order valence-electron chi connectivity index (χ1n) is 5.11. The molecule has 1 aliphatic heterocycles. The molecule has 0 aliphatic carbocycles. The molecule has 0 bridgehead atoms. The monoisotopic (exact) mass is 203 g/mol. The summed E-state index contributed by atoms with van der Waals surface area (Å²) < 4.78 is 0. The number of carbonyl (C=O) groups is 2. The Morgan fingerprint density at radius 1 is 1.40 bits per heavy atom. The number of rotatable bonds is 3. The summed E-state index contributed by atoms with van der Waals surface area (Å²) in [7, 11) is 0. The highest BCUT2D eigenvalue weighted by atomic mass is 16.2. The van der Waals surface area contributed by atoms with Crippen LogP contribution in [0, 0.1) is 0 Å². The number of fused-ring (bicyclic) bond motifs is 1. The lowest BCUT2D eigenvalue weighted by Gasteiger charge is -2.13. The second kappa shape index (κ2) is 3.85. The van der Waals surface area contributed by atoms with Gasteiger partial charge in [-0.1, -0.05) is 25.1 Å². The minimum absolute atomic E-state index is 0.0209. The van der Waals surface area contributed by atoms with E-state index in [1.165, 1.54) is 0 Å². The van der Waals surface area contributed by atoms with Crippen LogP contribution in [-0.4, -0.2) is 23.1 Å². The van der Waals surface area contributed by atoms with E-state index in [1.807, 2.05) is 31.2 Å². The fourth-order valence-corrected chi connectivity index (χ4v) is 1.77. The molecule has 3 heteroatoms. The van der Waals surface area contributed by atoms with Crippen LogP contribution in [0.4, 0.5) is 0 Å². The van der Waals surface area contributed by atoms with Gasteiger partial charge in [-0.25, -0.2) is 0 Å². The van der Waals surface area contributed by atoms with E-state index in [1.54, 1.807) is 4.90 Å². The number of hydrogen-bond donors (Lipinski definition) is 0. The van der Waals surface area contributed by atoms with Gasteiger partial charge in [-0.15, -0.1) is 0 Å². The van der Waals surface area contributed by atoms with E-state index in [9.17, 15) is 9.59 Å². The van der Waals surface area contributed by atoms with E-state index in [-0.39, 0.29) is 18.2 Å². The standard InChI is InChI=1S/C12H13NO2/c1-2-10(14)8-13-7-9-5-3-4-6-11(9)12(13)15/h3-6H,2,7-8H2,1H3. The zero-order valence-corrected chi connectivity index (χ0v) is 8.69. The molecule has 1 heterocycles. The number of ketones is 1. The third-order valence-electron chi connectivity index (χ3n) is 2.66. The van der Waals surface area contributed by atoms with E-state index < -0.39 is 0 Å². The molecule has 0 saturated heterocycles. The van der Waals surface area contributed by atoms with Gasteiger partial charge in [0.25, 0.3) is 5.91 Å². The number of nitrogens with zero attached hydrogens (tertiary/aromatic N) is 1. The molecule has 0 unspecified atom stereocenters. The Hall–Kier alpha value is -1.64. The van der Waals surface area contributed by atoms with E-state index in [4.69, 9.17) is 0 Å². The smallest absolute Gasteiger partial charge is 0.254 e. The van der Waals surface area contributed by atoms with Crippen molar-refractivity contribution in [3.63, 3.8) is 0 Å². The van der Waals surface area contributed by atoms with Crippen molar-refractivity contribution in [2.75, 3.05) is 6.54 Å². The van der Waals surface area contributed by atoms with Crippen molar-refractivity contribution in [2.24, 2.45) is 0 Å². The lowest BCUT2D eigenvalue weighted by Crippen LogP contribution is -2.29. The van der Waals surface area contributed by atoms with E-state index in [2.05, 4.69) is 0 Å². The summed E-state index contributed by atoms with van der Waals surface area (Å²) in [5, 5.41) is 0. The fraction of sp³-hybridized carbons (Fsp3) is 0.333. The summed E-state index contributed by atoms with van der Waals surface area (Å²) in [5.41, 5.74) is 1.76. The molecule has 0 saturated carbocycles. The third kappa shape index (κ3) is 1.77. The van der Waals surface area contributed by atoms with Gasteiger partial charge in [-0.05, 0) is 11.6 Å². The van der Waals surface area contributed by atoms with Gasteiger partial charge in [0, 0.05) is 18.5 Å². The quantitative estimate of drug-likeness (QED) is 0.748. The largest absolute Gasteiger partial charge is 0.327 e. The Morgan fingerprint density at radius 3 is 2.80 bits per heavy atom. The highest BCUT2D eigenvalue weighted by molar-refractivity contribution is 6.00. The summed E-state index contributed by atoms with van der Waals surface area (Å²) in [6.07, 6.45) is 0.486. The maximum Gasteiger partial charge on any atom is 0.254 e. The molecule has 1 aromatic rings. The molecular formula is C12H13NO2. The average Bonchev–Trinajstić information content (AvgIpc) is 2.57. The van der Waals surface area contributed by atoms with Crippen molar-refractivity contribution in [3.05, 3.63) is 35.4 Å². The summed E-state index contributed by atoms with van der Waals surface area (Å²) in [4.78, 5) is 24.7. The first kappa shape index (κ1) is 9.90. The van der Waals surface area contributed by atoms with Gasteiger partial charge >= 0.3 is 0 Å². The van der Waals surface area contributed by atoms with Crippen LogP contribution in [0.1, 0.15) is 29.3 Å². The van der Waals surface area contributed by atoms with Crippen LogP contribution < -0.4 is 0 Å². The molecule has 78 valence electrons. The Labute approximate surface area is 88.7 Å². The number of hydrogen-bond acceptors (Lipinski definition) is 2. The molecule has 0 N–H and O–H groups in total. The zero-order valence-electron chi connectivity index (χ0n) is 8.69. The van der Waals surface area contributed by atoms with Gasteiger partial charge < -0.3 is 4.90 Å². The number of benzene rings is 1. The second-order valence-electron chi connectivity index (χ2n) is 3.71. The predicted octanol–water partition coefficient (Wildman–Crippen LogP) is 1.62. The highest BCUT2D eigenvalue weighted by Crippen LogP contribution is 2.21. The summed E-state index contributed by atoms with van der Waals surface area (Å²) in [6, 6.07) is 7.51. The molecule has 0 radical (unpaired) electrons. The van der Waals surface area contributed by atoms with Crippen LogP contribution in [0.25, 0.3) is 0 Å². The number of Topliss-reactive ketones (excluding diaryl/α,β-unsaturated/α-hetero) is 1. The van der Waals surface area contributed by atoms with Crippen molar-refractivity contribution in [1.82, 2.24) is 4.90 Å². The molecule has 0 aromatic heterocycles. The number of carbonyl (C=O) groups excluding carboxylic acids is 2. The van der Waals surface area contributed by atoms with Crippen molar-refractivity contribution in [2.45, 2.75) is 19.9 Å². The van der Waals surface area contributed by atoms with Crippen LogP contribution in [-0.2, 0) is 11.3 Å². The molecule has 2 rings (SSSR count). The summed E-state index contributed by atoms with van der Waals surface area (Å²) in [5.74, 6) is 0.0866. The molecule has 3 nitrogen and oxygen atoms in total. The Kier molecular flexibility index (Phi) is 2.54. The molecule has 0 spiro atoms. The first-order valence-corrected chi connectivity index (χ1v) is 5.11. The first-order chi connectivity index (χ1) is 7.22. The molecular weight excluding hydrogens is 190 g/mol. The Morgan fingerprint density at radius 2 is 2.13 bits per heavy atom. The zero-order chi connectivity index (χ0) is 10.8.